The summed E-state index contributed by atoms with van der Waals surface area (Å²) in [5.41, 5.74) is 12.0. The Morgan fingerprint density at radius 1 is 0.262 bits per heavy atom. The molecule has 0 fully saturated rings. The van der Waals surface area contributed by atoms with Crippen molar-refractivity contribution in [3.8, 4) is 44.5 Å². The molecule has 0 saturated carbocycles. The van der Waals surface area contributed by atoms with Crippen LogP contribution in [0.5, 0.6) is 0 Å². The Labute approximate surface area is 500 Å². The zero-order valence-electron chi connectivity index (χ0n) is 50.6. The fourth-order valence-electron chi connectivity index (χ4n) is 12.2. The highest BCUT2D eigenvalue weighted by atomic mass is 28.3. The van der Waals surface area contributed by atoms with Gasteiger partial charge in [-0.1, -0.05) is 269 Å². The molecule has 0 N–H and O–H groups in total. The summed E-state index contributed by atoms with van der Waals surface area (Å²) >= 11 is 0. The minimum Gasteiger partial charge on any atom is -0.307 e. The lowest BCUT2D eigenvalue weighted by molar-refractivity contribution is 0.629. The van der Waals surface area contributed by atoms with Gasteiger partial charge in [0.25, 0.3) is 0 Å². The van der Waals surface area contributed by atoms with Crippen molar-refractivity contribution in [1.82, 2.24) is 0 Å². The predicted octanol–water partition coefficient (Wildman–Crippen LogP) is 20.7. The Kier molecular flexibility index (Phi) is 14.5. The van der Waals surface area contributed by atoms with Crippen LogP contribution in [0.4, 0.5) is 42.9 Å². The molecule has 0 amide bonds. The van der Waals surface area contributed by atoms with Crippen molar-refractivity contribution in [1.29, 1.82) is 0 Å². The molecule has 0 unspecified atom stereocenters. The lowest BCUT2D eigenvalue weighted by Crippen LogP contribution is -2.37. The van der Waals surface area contributed by atoms with Crippen LogP contribution in [0.1, 0.15) is 0 Å². The highest BCUT2D eigenvalue weighted by molar-refractivity contribution is 6.90. The number of rotatable bonds is 14. The summed E-state index contributed by atoms with van der Waals surface area (Å²) in [5, 5.41) is 11.7. The molecule has 2 nitrogen and oxygen atoms in total. The van der Waals surface area contributed by atoms with Crippen molar-refractivity contribution in [3.63, 3.8) is 0 Å². The molecule has 12 rings (SSSR count). The van der Waals surface area contributed by atoms with E-state index in [1.807, 2.05) is 36.4 Å². The normalized spacial score (nSPS) is 12.4. The van der Waals surface area contributed by atoms with Gasteiger partial charge in [-0.3, -0.25) is 0 Å². The van der Waals surface area contributed by atoms with Crippen molar-refractivity contribution in [3.05, 3.63) is 242 Å². The molecule has 0 heterocycles. The van der Waals surface area contributed by atoms with E-state index in [4.69, 9.17) is 0 Å². The maximum atomic E-state index is 18.0. The fourth-order valence-corrected chi connectivity index (χ4v) is 16.8. The second-order valence-corrected chi connectivity index (χ2v) is 47.3. The molecule has 0 aliphatic carbocycles. The maximum Gasteiger partial charge on any atom is 0.147 e. The van der Waals surface area contributed by atoms with E-state index in [1.165, 1.54) is 20.7 Å². The third-order valence-electron chi connectivity index (χ3n) is 17.0. The third-order valence-corrected chi connectivity index (χ3v) is 25.3. The number of nitrogens with zero attached hydrogens (tertiary/aromatic N) is 2. The van der Waals surface area contributed by atoms with Crippen LogP contribution in [0.2, 0.25) is 78.6 Å². The molecule has 418 valence electrons. The zero-order chi connectivity index (χ0) is 59.0. The van der Waals surface area contributed by atoms with Gasteiger partial charge in [-0.2, -0.15) is 0 Å². The van der Waals surface area contributed by atoms with E-state index in [2.05, 4.69) is 270 Å². The Balaban J connectivity index is 1.06. The number of hydrogen-bond acceptors (Lipinski definition) is 2. The Morgan fingerprint density at radius 2 is 0.524 bits per heavy atom. The standard InChI is InChI=1S/C76H74F2N2Si4/c1-81(2,3)59-35-23-51(24-36-59)65-47-69(77)73(49-67(65)53-27-39-61(40-28-53)83(7,8)9)79(57-19-15-13-16-20-57)71-45-33-55-32-44-64-72(46-34-56-31-43-63(71)75(55)76(56)64)80(58-21-17-14-18-22-58)74-50-68(54-29-41-62(42-30-54)84(10,11)12)66(48-70(74)78)52-25-37-60(38-26-52)82(4,5)6/h13-50H,1-12H3. The SMILES string of the molecule is C[Si](C)(C)c1ccc(-c2cc(F)c(N(c3ccccc3)c3ccc4ccc5c(N(c6ccccc6)c6cc(-c7ccc([Si](C)(C)C)cc7)c(-c7ccc([Si](C)(C)C)cc7)cc6F)ccc6ccc3c4c65)cc2-c2ccc([Si](C)(C)C)cc2)cc1. The first-order valence-corrected chi connectivity index (χ1v) is 43.5. The molecular formula is C76H74F2N2Si4. The lowest BCUT2D eigenvalue weighted by atomic mass is 9.90. The number of hydrogen-bond donors (Lipinski definition) is 0. The highest BCUT2D eigenvalue weighted by Crippen LogP contribution is 2.50. The van der Waals surface area contributed by atoms with Crippen LogP contribution in [0.15, 0.2) is 231 Å². The largest absolute Gasteiger partial charge is 0.307 e. The van der Waals surface area contributed by atoms with E-state index in [0.29, 0.717) is 11.4 Å². The van der Waals surface area contributed by atoms with Crippen LogP contribution in [0, 0.1) is 11.6 Å². The number of halogens is 2. The van der Waals surface area contributed by atoms with Gasteiger partial charge in [0.1, 0.15) is 11.6 Å². The van der Waals surface area contributed by atoms with Crippen LogP contribution in [0.3, 0.4) is 0 Å². The average molecular weight is 1170 g/mol. The van der Waals surface area contributed by atoms with Crippen LogP contribution in [-0.2, 0) is 0 Å². The summed E-state index contributed by atoms with van der Waals surface area (Å²) in [6.45, 7) is 28.4. The van der Waals surface area contributed by atoms with Crippen molar-refractivity contribution in [2.45, 2.75) is 78.6 Å². The molecule has 0 spiro atoms. The third kappa shape index (κ3) is 10.7. The van der Waals surface area contributed by atoms with Gasteiger partial charge in [0, 0.05) is 22.1 Å². The van der Waals surface area contributed by atoms with Gasteiger partial charge in [0.05, 0.1) is 55.0 Å². The summed E-state index contributed by atoms with van der Waals surface area (Å²) in [6, 6.07) is 81.1. The minimum absolute atomic E-state index is 0.319. The second-order valence-electron chi connectivity index (χ2n) is 26.9. The summed E-state index contributed by atoms with van der Waals surface area (Å²) in [7, 11) is -6.40. The van der Waals surface area contributed by atoms with Crippen LogP contribution < -0.4 is 30.5 Å². The Bertz CT molecular complexity index is 4100. The average Bonchev–Trinajstić information content (AvgIpc) is 1.34. The van der Waals surface area contributed by atoms with E-state index < -0.39 is 32.3 Å². The van der Waals surface area contributed by atoms with E-state index in [0.717, 1.165) is 99.6 Å². The van der Waals surface area contributed by atoms with Crippen LogP contribution in [0.25, 0.3) is 76.8 Å². The summed E-state index contributed by atoms with van der Waals surface area (Å²) in [5.74, 6) is -0.639. The molecule has 0 aromatic heterocycles. The van der Waals surface area contributed by atoms with Crippen molar-refractivity contribution < 1.29 is 8.78 Å². The quantitative estimate of drug-likeness (QED) is 0.0791. The topological polar surface area (TPSA) is 6.48 Å². The number of benzene rings is 12. The first-order chi connectivity index (χ1) is 40.0. The number of para-hydroxylation sites is 2. The molecule has 0 atom stereocenters. The molecule has 0 aliphatic heterocycles. The molecule has 8 heteroatoms. The van der Waals surface area contributed by atoms with Gasteiger partial charge in [-0.25, -0.2) is 8.78 Å². The van der Waals surface area contributed by atoms with E-state index >= 15 is 8.78 Å². The molecule has 12 aromatic carbocycles. The van der Waals surface area contributed by atoms with Gasteiger partial charge in [-0.05, 0) is 127 Å². The van der Waals surface area contributed by atoms with E-state index in [1.54, 1.807) is 12.1 Å². The monoisotopic (exact) mass is 1160 g/mol. The maximum absolute atomic E-state index is 18.0. The van der Waals surface area contributed by atoms with Crippen LogP contribution in [-0.4, -0.2) is 32.3 Å². The molecule has 0 radical (unpaired) electrons. The zero-order valence-corrected chi connectivity index (χ0v) is 54.6. The van der Waals surface area contributed by atoms with Crippen molar-refractivity contribution >= 4 is 119 Å². The molecule has 84 heavy (non-hydrogen) atoms. The van der Waals surface area contributed by atoms with Gasteiger partial charge < -0.3 is 9.80 Å². The van der Waals surface area contributed by atoms with Gasteiger partial charge >= 0.3 is 0 Å². The number of anilines is 6. The summed E-state index contributed by atoms with van der Waals surface area (Å²) < 4.78 is 35.9. The smallest absolute Gasteiger partial charge is 0.147 e. The lowest BCUT2D eigenvalue weighted by Gasteiger charge is -2.30. The van der Waals surface area contributed by atoms with Gasteiger partial charge in [0.2, 0.25) is 0 Å². The molecule has 12 aromatic rings. The fraction of sp³-hybridized carbons (Fsp3) is 0.158. The van der Waals surface area contributed by atoms with Gasteiger partial charge in [-0.15, -0.1) is 0 Å². The predicted molar refractivity (Wildman–Crippen MR) is 373 cm³/mol. The highest BCUT2D eigenvalue weighted by Gasteiger charge is 2.28. The molecule has 0 aliphatic rings. The minimum atomic E-state index is -1.61. The summed E-state index contributed by atoms with van der Waals surface area (Å²) in [4.78, 5) is 4.20. The van der Waals surface area contributed by atoms with E-state index in [-0.39, 0.29) is 11.6 Å². The van der Waals surface area contributed by atoms with E-state index in [9.17, 15) is 0 Å². The first kappa shape index (κ1) is 56.5. The summed E-state index contributed by atoms with van der Waals surface area (Å²) in [6.07, 6.45) is 0. The first-order valence-electron chi connectivity index (χ1n) is 29.5. The Hall–Kier alpha value is -7.99. The van der Waals surface area contributed by atoms with Crippen LogP contribution >= 0.6 is 0 Å². The van der Waals surface area contributed by atoms with Crippen molar-refractivity contribution in [2.24, 2.45) is 0 Å². The van der Waals surface area contributed by atoms with Crippen molar-refractivity contribution in [2.75, 3.05) is 9.80 Å². The molecule has 0 saturated heterocycles. The second kappa shape index (κ2) is 21.6. The molecular weight excluding hydrogens is 1090 g/mol. The molecule has 0 bridgehead atoms. The Morgan fingerprint density at radius 3 is 0.798 bits per heavy atom. The van der Waals surface area contributed by atoms with Gasteiger partial charge in [0.15, 0.2) is 0 Å².